The highest BCUT2D eigenvalue weighted by molar-refractivity contribution is 4.90. The SMILES string of the molecule is COCCC(N)c1nc(COCC(F)(F)C(F)F)no1. The van der Waals surface area contributed by atoms with E-state index < -0.39 is 31.6 Å². The first-order chi connectivity index (χ1) is 9.36. The summed E-state index contributed by atoms with van der Waals surface area (Å²) in [6.07, 6.45) is -3.35. The van der Waals surface area contributed by atoms with Crippen LogP contribution in [0.15, 0.2) is 4.52 Å². The molecule has 6 nitrogen and oxygen atoms in total. The summed E-state index contributed by atoms with van der Waals surface area (Å²) in [6, 6.07) is -0.557. The Balaban J connectivity index is 2.41. The van der Waals surface area contributed by atoms with Gasteiger partial charge in [-0.2, -0.15) is 13.8 Å². The summed E-state index contributed by atoms with van der Waals surface area (Å²) in [5, 5.41) is 3.45. The van der Waals surface area contributed by atoms with Crippen LogP contribution in [0.1, 0.15) is 24.2 Å². The monoisotopic (exact) mass is 301 g/mol. The number of aromatic nitrogens is 2. The van der Waals surface area contributed by atoms with E-state index in [1.54, 1.807) is 0 Å². The fourth-order valence-electron chi connectivity index (χ4n) is 1.19. The van der Waals surface area contributed by atoms with E-state index in [0.29, 0.717) is 13.0 Å². The first-order valence-electron chi connectivity index (χ1n) is 5.67. The minimum atomic E-state index is -4.21. The van der Waals surface area contributed by atoms with Crippen LogP contribution in [0.3, 0.4) is 0 Å². The van der Waals surface area contributed by atoms with Gasteiger partial charge in [-0.1, -0.05) is 5.16 Å². The van der Waals surface area contributed by atoms with Crippen LogP contribution in [0.25, 0.3) is 0 Å². The molecular weight excluding hydrogens is 286 g/mol. The first kappa shape index (κ1) is 16.8. The van der Waals surface area contributed by atoms with Crippen LogP contribution < -0.4 is 5.73 Å². The Bertz CT molecular complexity index is 403. The Kier molecular flexibility index (Phi) is 6.30. The van der Waals surface area contributed by atoms with Crippen molar-refractivity contribution >= 4 is 0 Å². The highest BCUT2D eigenvalue weighted by atomic mass is 19.3. The molecule has 0 aromatic carbocycles. The molecule has 1 aromatic rings. The molecular formula is C10H15F4N3O3. The van der Waals surface area contributed by atoms with Gasteiger partial charge in [0.15, 0.2) is 5.82 Å². The number of methoxy groups -OCH3 is 1. The van der Waals surface area contributed by atoms with E-state index in [1.807, 2.05) is 0 Å². The number of halogens is 4. The molecule has 1 rings (SSSR count). The topological polar surface area (TPSA) is 83.4 Å². The van der Waals surface area contributed by atoms with Crippen molar-refractivity contribution in [1.29, 1.82) is 0 Å². The van der Waals surface area contributed by atoms with Crippen molar-refractivity contribution in [3.8, 4) is 0 Å². The quantitative estimate of drug-likeness (QED) is 0.696. The van der Waals surface area contributed by atoms with Gasteiger partial charge in [0.2, 0.25) is 5.89 Å². The molecule has 1 atom stereocenters. The van der Waals surface area contributed by atoms with Crippen molar-refractivity contribution in [2.45, 2.75) is 31.4 Å². The van der Waals surface area contributed by atoms with Gasteiger partial charge in [-0.25, -0.2) is 8.78 Å². The predicted molar refractivity (Wildman–Crippen MR) is 58.3 cm³/mol. The molecule has 0 spiro atoms. The Morgan fingerprint density at radius 2 is 2.10 bits per heavy atom. The Morgan fingerprint density at radius 3 is 2.70 bits per heavy atom. The molecule has 0 saturated carbocycles. The smallest absolute Gasteiger partial charge is 0.330 e. The standard InChI is InChI=1S/C10H15F4N3O3/c1-18-3-2-6(15)8-16-7(17-20-8)4-19-5-10(13,14)9(11)12/h6,9H,2-5,15H2,1H3. The fraction of sp³-hybridized carbons (Fsp3) is 0.800. The van der Waals surface area contributed by atoms with E-state index in [2.05, 4.69) is 14.9 Å². The highest BCUT2D eigenvalue weighted by Crippen LogP contribution is 2.23. The van der Waals surface area contributed by atoms with Gasteiger partial charge in [0.05, 0.1) is 6.04 Å². The zero-order chi connectivity index (χ0) is 15.2. The summed E-state index contributed by atoms with van der Waals surface area (Å²) >= 11 is 0. The van der Waals surface area contributed by atoms with Crippen LogP contribution in [0, 0.1) is 0 Å². The van der Waals surface area contributed by atoms with Crippen LogP contribution in [-0.4, -0.2) is 42.8 Å². The second kappa shape index (κ2) is 7.50. The average molecular weight is 301 g/mol. The summed E-state index contributed by atoms with van der Waals surface area (Å²) in [5.74, 6) is -4.15. The van der Waals surface area contributed by atoms with Gasteiger partial charge in [0.1, 0.15) is 13.2 Å². The van der Waals surface area contributed by atoms with Crippen LogP contribution >= 0.6 is 0 Å². The minimum absolute atomic E-state index is 0.0436. The molecule has 0 fully saturated rings. The van der Waals surface area contributed by atoms with E-state index in [1.165, 1.54) is 7.11 Å². The van der Waals surface area contributed by atoms with Crippen molar-refractivity contribution < 1.29 is 31.6 Å². The van der Waals surface area contributed by atoms with Crippen LogP contribution in [-0.2, 0) is 16.1 Å². The molecule has 0 aliphatic heterocycles. The largest absolute Gasteiger partial charge is 0.385 e. The zero-order valence-electron chi connectivity index (χ0n) is 10.7. The summed E-state index contributed by atoms with van der Waals surface area (Å²) in [5.41, 5.74) is 5.70. The molecule has 1 unspecified atom stereocenters. The lowest BCUT2D eigenvalue weighted by Crippen LogP contribution is -2.32. The molecule has 0 saturated heterocycles. The second-order valence-corrected chi connectivity index (χ2v) is 3.99. The summed E-state index contributed by atoms with van der Waals surface area (Å²) in [6.45, 7) is -1.51. The van der Waals surface area contributed by atoms with Crippen molar-refractivity contribution in [3.63, 3.8) is 0 Å². The van der Waals surface area contributed by atoms with Crippen molar-refractivity contribution in [2.24, 2.45) is 5.73 Å². The van der Waals surface area contributed by atoms with Gasteiger partial charge in [-0.05, 0) is 6.42 Å². The molecule has 116 valence electrons. The number of nitrogens with two attached hydrogens (primary N) is 1. The predicted octanol–water partition coefficient (Wildman–Crippen LogP) is 1.52. The minimum Gasteiger partial charge on any atom is -0.385 e. The van der Waals surface area contributed by atoms with Crippen LogP contribution in [0.2, 0.25) is 0 Å². The van der Waals surface area contributed by atoms with E-state index in [-0.39, 0.29) is 11.7 Å². The lowest BCUT2D eigenvalue weighted by molar-refractivity contribution is -0.168. The number of rotatable bonds is 9. The third kappa shape index (κ3) is 5.02. The first-order valence-corrected chi connectivity index (χ1v) is 5.67. The second-order valence-electron chi connectivity index (χ2n) is 3.99. The van der Waals surface area contributed by atoms with Crippen LogP contribution in [0.5, 0.6) is 0 Å². The van der Waals surface area contributed by atoms with Crippen molar-refractivity contribution in [3.05, 3.63) is 11.7 Å². The summed E-state index contributed by atoms with van der Waals surface area (Å²) in [7, 11) is 1.50. The number of ether oxygens (including phenoxy) is 2. The maximum absolute atomic E-state index is 12.5. The third-order valence-electron chi connectivity index (χ3n) is 2.28. The van der Waals surface area contributed by atoms with Gasteiger partial charge in [0, 0.05) is 13.7 Å². The van der Waals surface area contributed by atoms with Gasteiger partial charge in [-0.3, -0.25) is 0 Å². The maximum atomic E-state index is 12.5. The molecule has 0 radical (unpaired) electrons. The molecule has 1 heterocycles. The van der Waals surface area contributed by atoms with Gasteiger partial charge in [0.25, 0.3) is 0 Å². The van der Waals surface area contributed by atoms with Crippen molar-refractivity contribution in [2.75, 3.05) is 20.3 Å². The number of hydrogen-bond acceptors (Lipinski definition) is 6. The molecule has 0 bridgehead atoms. The molecule has 0 aliphatic carbocycles. The molecule has 10 heteroatoms. The Labute approximate surface area is 112 Å². The fourth-order valence-corrected chi connectivity index (χ4v) is 1.19. The molecule has 1 aromatic heterocycles. The average Bonchev–Trinajstić information content (AvgIpc) is 2.84. The van der Waals surface area contributed by atoms with E-state index in [0.717, 1.165) is 0 Å². The molecule has 20 heavy (non-hydrogen) atoms. The lowest BCUT2D eigenvalue weighted by atomic mass is 10.2. The number of hydrogen-bond donors (Lipinski definition) is 1. The van der Waals surface area contributed by atoms with E-state index in [4.69, 9.17) is 15.0 Å². The third-order valence-corrected chi connectivity index (χ3v) is 2.28. The summed E-state index contributed by atoms with van der Waals surface area (Å²) in [4.78, 5) is 3.81. The Hall–Kier alpha value is -1.26. The molecule has 0 amide bonds. The Morgan fingerprint density at radius 1 is 1.40 bits per heavy atom. The van der Waals surface area contributed by atoms with Gasteiger partial charge >= 0.3 is 12.3 Å². The zero-order valence-corrected chi connectivity index (χ0v) is 10.7. The van der Waals surface area contributed by atoms with Gasteiger partial charge < -0.3 is 19.7 Å². The van der Waals surface area contributed by atoms with E-state index >= 15 is 0 Å². The summed E-state index contributed by atoms with van der Waals surface area (Å²) < 4.78 is 62.9. The van der Waals surface area contributed by atoms with E-state index in [9.17, 15) is 17.6 Å². The lowest BCUT2D eigenvalue weighted by Gasteiger charge is -2.14. The van der Waals surface area contributed by atoms with Crippen molar-refractivity contribution in [1.82, 2.24) is 10.1 Å². The van der Waals surface area contributed by atoms with Gasteiger partial charge in [-0.15, -0.1) is 0 Å². The molecule has 0 aliphatic rings. The maximum Gasteiger partial charge on any atom is 0.330 e. The number of alkyl halides is 4. The highest BCUT2D eigenvalue weighted by Gasteiger charge is 2.41. The number of nitrogens with zero attached hydrogens (tertiary/aromatic N) is 2. The van der Waals surface area contributed by atoms with Crippen LogP contribution in [0.4, 0.5) is 17.6 Å². The normalized spacial score (nSPS) is 13.9. The molecule has 2 N–H and O–H groups in total.